The first kappa shape index (κ1) is 12.9. The minimum atomic E-state index is 0.0494. The number of benzene rings is 1. The molecule has 0 aliphatic heterocycles. The van der Waals surface area contributed by atoms with Crippen molar-refractivity contribution in [2.24, 2.45) is 11.7 Å². The number of hydrogen-bond acceptors (Lipinski definition) is 2. The highest BCUT2D eigenvalue weighted by Crippen LogP contribution is 2.30. The molecule has 0 aromatic heterocycles. The van der Waals surface area contributed by atoms with Gasteiger partial charge < -0.3 is 10.5 Å². The van der Waals surface area contributed by atoms with Crippen LogP contribution in [0.2, 0.25) is 0 Å². The molecule has 0 spiro atoms. The fourth-order valence-electron chi connectivity index (χ4n) is 2.09. The smallest absolute Gasteiger partial charge is 0.120 e. The van der Waals surface area contributed by atoms with Gasteiger partial charge in [0, 0.05) is 10.5 Å². The summed E-state index contributed by atoms with van der Waals surface area (Å²) in [6.45, 7) is 2.81. The topological polar surface area (TPSA) is 35.2 Å². The van der Waals surface area contributed by atoms with Crippen molar-refractivity contribution < 1.29 is 4.74 Å². The van der Waals surface area contributed by atoms with Gasteiger partial charge in [-0.2, -0.15) is 0 Å². The Kier molecular flexibility index (Phi) is 4.46. The zero-order valence-corrected chi connectivity index (χ0v) is 11.9. The summed E-state index contributed by atoms with van der Waals surface area (Å²) in [7, 11) is 0. The molecule has 2 rings (SSSR count). The molecule has 0 heterocycles. The summed E-state index contributed by atoms with van der Waals surface area (Å²) in [5, 5.41) is 0. The first-order valence-corrected chi connectivity index (χ1v) is 7.14. The zero-order chi connectivity index (χ0) is 12.3. The molecule has 2 nitrogen and oxygen atoms in total. The van der Waals surface area contributed by atoms with Crippen molar-refractivity contribution in [1.82, 2.24) is 0 Å². The van der Waals surface area contributed by atoms with E-state index in [2.05, 4.69) is 15.9 Å². The van der Waals surface area contributed by atoms with Crippen molar-refractivity contribution in [3.8, 4) is 5.75 Å². The molecule has 1 fully saturated rings. The third-order valence-corrected chi connectivity index (χ3v) is 4.17. The SMILES string of the molecule is CC(N)c1ccc(OCCC2CCC2)cc1Br. The van der Waals surface area contributed by atoms with E-state index in [0.29, 0.717) is 0 Å². The lowest BCUT2D eigenvalue weighted by atomic mass is 9.83. The highest BCUT2D eigenvalue weighted by Gasteiger charge is 2.16. The summed E-state index contributed by atoms with van der Waals surface area (Å²) in [6, 6.07) is 6.10. The van der Waals surface area contributed by atoms with E-state index in [-0.39, 0.29) is 6.04 Å². The predicted molar refractivity (Wildman–Crippen MR) is 74.2 cm³/mol. The van der Waals surface area contributed by atoms with Crippen LogP contribution in [0.4, 0.5) is 0 Å². The van der Waals surface area contributed by atoms with Crippen LogP contribution < -0.4 is 10.5 Å². The van der Waals surface area contributed by atoms with E-state index in [1.165, 1.54) is 25.7 Å². The van der Waals surface area contributed by atoms with E-state index in [4.69, 9.17) is 10.5 Å². The van der Waals surface area contributed by atoms with Crippen molar-refractivity contribution in [2.75, 3.05) is 6.61 Å². The monoisotopic (exact) mass is 297 g/mol. The molecule has 2 N–H and O–H groups in total. The number of halogens is 1. The van der Waals surface area contributed by atoms with Gasteiger partial charge in [0.25, 0.3) is 0 Å². The Bertz CT molecular complexity index is 374. The Labute approximate surface area is 112 Å². The van der Waals surface area contributed by atoms with Crippen LogP contribution in [0.5, 0.6) is 5.75 Å². The molecule has 3 heteroatoms. The number of rotatable bonds is 5. The second kappa shape index (κ2) is 5.87. The second-order valence-electron chi connectivity index (χ2n) is 4.91. The third kappa shape index (κ3) is 3.46. The van der Waals surface area contributed by atoms with E-state index in [1.807, 2.05) is 25.1 Å². The van der Waals surface area contributed by atoms with Crippen molar-refractivity contribution in [3.05, 3.63) is 28.2 Å². The number of hydrogen-bond donors (Lipinski definition) is 1. The van der Waals surface area contributed by atoms with Gasteiger partial charge >= 0.3 is 0 Å². The molecule has 1 atom stereocenters. The first-order valence-electron chi connectivity index (χ1n) is 6.34. The summed E-state index contributed by atoms with van der Waals surface area (Å²) in [4.78, 5) is 0. The van der Waals surface area contributed by atoms with Crippen LogP contribution in [0.1, 0.15) is 44.2 Å². The predicted octanol–water partition coefficient (Wildman–Crippen LogP) is 4.04. The van der Waals surface area contributed by atoms with Gasteiger partial charge in [0.1, 0.15) is 5.75 Å². The number of nitrogens with two attached hydrogens (primary N) is 1. The largest absolute Gasteiger partial charge is 0.494 e. The van der Waals surface area contributed by atoms with Gasteiger partial charge in [0.2, 0.25) is 0 Å². The molecule has 1 saturated carbocycles. The van der Waals surface area contributed by atoms with Gasteiger partial charge in [0.05, 0.1) is 6.61 Å². The highest BCUT2D eigenvalue weighted by molar-refractivity contribution is 9.10. The maximum Gasteiger partial charge on any atom is 0.120 e. The van der Waals surface area contributed by atoms with Crippen LogP contribution in [0.15, 0.2) is 22.7 Å². The van der Waals surface area contributed by atoms with E-state index in [0.717, 1.165) is 28.3 Å². The average Bonchev–Trinajstić information content (AvgIpc) is 2.21. The molecule has 0 radical (unpaired) electrons. The van der Waals surface area contributed by atoms with Gasteiger partial charge in [-0.15, -0.1) is 0 Å². The van der Waals surface area contributed by atoms with E-state index in [1.54, 1.807) is 0 Å². The van der Waals surface area contributed by atoms with Crippen molar-refractivity contribution >= 4 is 15.9 Å². The lowest BCUT2D eigenvalue weighted by Gasteiger charge is -2.25. The highest BCUT2D eigenvalue weighted by atomic mass is 79.9. The molecule has 1 unspecified atom stereocenters. The Morgan fingerprint density at radius 1 is 1.47 bits per heavy atom. The second-order valence-corrected chi connectivity index (χ2v) is 5.76. The van der Waals surface area contributed by atoms with E-state index < -0.39 is 0 Å². The van der Waals surface area contributed by atoms with Crippen molar-refractivity contribution in [1.29, 1.82) is 0 Å². The molecule has 1 aromatic rings. The lowest BCUT2D eigenvalue weighted by Crippen LogP contribution is -2.14. The summed E-state index contributed by atoms with van der Waals surface area (Å²) in [6.07, 6.45) is 5.36. The molecule has 94 valence electrons. The zero-order valence-electron chi connectivity index (χ0n) is 10.3. The molecule has 0 bridgehead atoms. The van der Waals surface area contributed by atoms with Gasteiger partial charge in [-0.3, -0.25) is 0 Å². The summed E-state index contributed by atoms with van der Waals surface area (Å²) in [5.74, 6) is 1.84. The quantitative estimate of drug-likeness (QED) is 0.890. The van der Waals surface area contributed by atoms with Gasteiger partial charge in [-0.05, 0) is 37.0 Å². The Morgan fingerprint density at radius 2 is 2.24 bits per heavy atom. The minimum absolute atomic E-state index is 0.0494. The van der Waals surface area contributed by atoms with Crippen molar-refractivity contribution in [2.45, 2.75) is 38.6 Å². The molecule has 0 amide bonds. The summed E-state index contributed by atoms with van der Waals surface area (Å²) < 4.78 is 6.79. The maximum atomic E-state index is 5.86. The van der Waals surface area contributed by atoms with Crippen LogP contribution in [0, 0.1) is 5.92 Å². The van der Waals surface area contributed by atoms with E-state index in [9.17, 15) is 0 Å². The van der Waals surface area contributed by atoms with Gasteiger partial charge in [-0.25, -0.2) is 0 Å². The molecule has 0 saturated heterocycles. The van der Waals surface area contributed by atoms with Gasteiger partial charge in [-0.1, -0.05) is 41.3 Å². The average molecular weight is 298 g/mol. The minimum Gasteiger partial charge on any atom is -0.494 e. The summed E-state index contributed by atoms with van der Waals surface area (Å²) in [5.41, 5.74) is 6.98. The molecule has 1 aliphatic rings. The normalized spacial score (nSPS) is 17.6. The standard InChI is InChI=1S/C14H20BrNO/c1-10(16)13-6-5-12(9-14(13)15)17-8-7-11-3-2-4-11/h5-6,9-11H,2-4,7-8,16H2,1H3. The lowest BCUT2D eigenvalue weighted by molar-refractivity contribution is 0.222. The molecule has 1 aliphatic carbocycles. The Hall–Kier alpha value is -0.540. The Morgan fingerprint density at radius 3 is 2.76 bits per heavy atom. The number of ether oxygens (including phenoxy) is 1. The molecular formula is C14H20BrNO. The van der Waals surface area contributed by atoms with Gasteiger partial charge in [0.15, 0.2) is 0 Å². The van der Waals surface area contributed by atoms with Crippen LogP contribution in [0.25, 0.3) is 0 Å². The van der Waals surface area contributed by atoms with E-state index >= 15 is 0 Å². The van der Waals surface area contributed by atoms with Crippen LogP contribution >= 0.6 is 15.9 Å². The molecule has 1 aromatic carbocycles. The summed E-state index contributed by atoms with van der Waals surface area (Å²) >= 11 is 3.53. The Balaban J connectivity index is 1.85. The maximum absolute atomic E-state index is 5.86. The first-order chi connectivity index (χ1) is 8.16. The third-order valence-electron chi connectivity index (χ3n) is 3.48. The fraction of sp³-hybridized carbons (Fsp3) is 0.571. The van der Waals surface area contributed by atoms with Crippen LogP contribution in [-0.2, 0) is 0 Å². The fourth-order valence-corrected chi connectivity index (χ4v) is 2.81. The molecular weight excluding hydrogens is 278 g/mol. The van der Waals surface area contributed by atoms with Crippen LogP contribution in [0.3, 0.4) is 0 Å². The van der Waals surface area contributed by atoms with Crippen LogP contribution in [-0.4, -0.2) is 6.61 Å². The molecule has 17 heavy (non-hydrogen) atoms. The van der Waals surface area contributed by atoms with Crippen molar-refractivity contribution in [3.63, 3.8) is 0 Å².